The second kappa shape index (κ2) is 8.90. The molecule has 9 heteroatoms. The largest absolute Gasteiger partial charge is 0.493 e. The molecule has 3 saturated heterocycles. The molecule has 6 rings (SSSR count). The van der Waals surface area contributed by atoms with Crippen LogP contribution < -0.4 is 15.0 Å². The highest BCUT2D eigenvalue weighted by atomic mass is 16.6. The molecule has 3 amide bonds. The van der Waals surface area contributed by atoms with E-state index < -0.39 is 35.0 Å². The van der Waals surface area contributed by atoms with Crippen molar-refractivity contribution in [1.82, 2.24) is 0 Å². The quantitative estimate of drug-likeness (QED) is 0.471. The molecule has 3 aromatic carbocycles. The zero-order valence-electron chi connectivity index (χ0n) is 21.5. The molecule has 3 heterocycles. The van der Waals surface area contributed by atoms with Gasteiger partial charge in [-0.05, 0) is 43.3 Å². The monoisotopic (exact) mass is 525 g/mol. The van der Waals surface area contributed by atoms with Crippen LogP contribution in [-0.4, -0.2) is 46.7 Å². The summed E-state index contributed by atoms with van der Waals surface area (Å²) >= 11 is 0. The third-order valence-electron chi connectivity index (χ3n) is 8.35. The van der Waals surface area contributed by atoms with E-state index >= 15 is 0 Å². The Morgan fingerprint density at radius 2 is 1.79 bits per heavy atom. The molecule has 5 unspecified atom stereocenters. The molecule has 0 aliphatic carbocycles. The number of aliphatic hydroxyl groups excluding tert-OH is 1. The molecule has 9 nitrogen and oxygen atoms in total. The number of carbonyl (C=O) groups excluding carboxylic acids is 3. The van der Waals surface area contributed by atoms with Gasteiger partial charge in [0.1, 0.15) is 11.4 Å². The van der Waals surface area contributed by atoms with Crippen LogP contribution in [0.15, 0.2) is 60.7 Å². The van der Waals surface area contributed by atoms with Gasteiger partial charge in [-0.1, -0.05) is 24.3 Å². The molecule has 5 atom stereocenters. The number of anilines is 2. The van der Waals surface area contributed by atoms with Crippen LogP contribution in [-0.2, 0) is 19.1 Å². The number of fused-ring (bicyclic) bond motifs is 6. The Morgan fingerprint density at radius 1 is 1.10 bits per heavy atom. The number of rotatable bonds is 6. The van der Waals surface area contributed by atoms with E-state index in [1.807, 2.05) is 6.07 Å². The van der Waals surface area contributed by atoms with Crippen LogP contribution in [0.5, 0.6) is 5.75 Å². The third-order valence-corrected chi connectivity index (χ3v) is 8.35. The number of benzene rings is 3. The van der Waals surface area contributed by atoms with Crippen molar-refractivity contribution in [2.45, 2.75) is 44.0 Å². The number of nitrogens with one attached hydrogen (secondary N) is 1. The average molecular weight is 526 g/mol. The van der Waals surface area contributed by atoms with E-state index in [1.54, 1.807) is 61.5 Å². The topological polar surface area (TPSA) is 129 Å². The van der Waals surface area contributed by atoms with Gasteiger partial charge in [0, 0.05) is 36.2 Å². The molecule has 3 fully saturated rings. The summed E-state index contributed by atoms with van der Waals surface area (Å²) in [7, 11) is 0. The van der Waals surface area contributed by atoms with Crippen molar-refractivity contribution < 1.29 is 29.0 Å². The minimum atomic E-state index is -1.20. The molecule has 198 valence electrons. The number of carbonyl (C=O) groups is 3. The Morgan fingerprint density at radius 3 is 2.49 bits per heavy atom. The molecule has 3 aliphatic heterocycles. The van der Waals surface area contributed by atoms with Crippen molar-refractivity contribution >= 4 is 39.9 Å². The highest BCUT2D eigenvalue weighted by Crippen LogP contribution is 2.62. The van der Waals surface area contributed by atoms with Crippen LogP contribution >= 0.6 is 0 Å². The molecule has 3 aromatic rings. The fraction of sp³-hybridized carbons (Fsp3) is 0.333. The van der Waals surface area contributed by atoms with Crippen molar-refractivity contribution in [2.75, 3.05) is 16.8 Å². The summed E-state index contributed by atoms with van der Waals surface area (Å²) in [6.45, 7) is 3.34. The van der Waals surface area contributed by atoms with Crippen LogP contribution in [0.2, 0.25) is 0 Å². The van der Waals surface area contributed by atoms with Crippen LogP contribution in [0, 0.1) is 23.2 Å². The zero-order valence-corrected chi connectivity index (χ0v) is 21.5. The fourth-order valence-corrected chi connectivity index (χ4v) is 6.62. The van der Waals surface area contributed by atoms with Gasteiger partial charge < -0.3 is 19.9 Å². The Hall–Kier alpha value is -4.26. The highest BCUT2D eigenvalue weighted by molar-refractivity contribution is 6.26. The van der Waals surface area contributed by atoms with Gasteiger partial charge in [-0.3, -0.25) is 14.4 Å². The summed E-state index contributed by atoms with van der Waals surface area (Å²) in [5.41, 5.74) is -0.723. The van der Waals surface area contributed by atoms with Gasteiger partial charge in [0.25, 0.3) is 0 Å². The number of nitriles is 1. The van der Waals surface area contributed by atoms with Crippen molar-refractivity contribution in [3.8, 4) is 11.8 Å². The fourth-order valence-electron chi connectivity index (χ4n) is 6.62. The number of ether oxygens (including phenoxy) is 2. The van der Waals surface area contributed by atoms with Crippen molar-refractivity contribution in [2.24, 2.45) is 11.8 Å². The summed E-state index contributed by atoms with van der Waals surface area (Å²) in [6.07, 6.45) is -0.392. The van der Waals surface area contributed by atoms with Gasteiger partial charge in [0.15, 0.2) is 0 Å². The van der Waals surface area contributed by atoms with E-state index in [2.05, 4.69) is 11.4 Å². The number of amides is 3. The molecule has 39 heavy (non-hydrogen) atoms. The highest BCUT2D eigenvalue weighted by Gasteiger charge is 2.77. The van der Waals surface area contributed by atoms with Crippen molar-refractivity contribution in [3.63, 3.8) is 0 Å². The Bertz CT molecular complexity index is 1560. The van der Waals surface area contributed by atoms with E-state index in [-0.39, 0.29) is 24.8 Å². The summed E-state index contributed by atoms with van der Waals surface area (Å²) in [5.74, 6) is -1.96. The molecule has 2 bridgehead atoms. The van der Waals surface area contributed by atoms with E-state index in [9.17, 15) is 24.8 Å². The van der Waals surface area contributed by atoms with Crippen LogP contribution in [0.4, 0.5) is 11.4 Å². The minimum absolute atomic E-state index is 0.169. The molecule has 2 N–H and O–H groups in total. The Balaban J connectivity index is 1.29. The van der Waals surface area contributed by atoms with Crippen LogP contribution in [0.3, 0.4) is 0 Å². The van der Waals surface area contributed by atoms with Gasteiger partial charge in [-0.15, -0.1) is 0 Å². The standard InChI is InChI=1S/C30H27N3O6/c1-17(34)32-19-8-10-20(11-9-19)38-14-13-30-15-24(35)29(2,39-30)25-26(30)28(37)33(27(25)36)23-12-7-18(16-31)21-5-3-4-6-22(21)23/h3-12,24-26,35H,13-15H2,1-2H3,(H,32,34). The molecule has 0 saturated carbocycles. The second-order valence-corrected chi connectivity index (χ2v) is 10.6. The zero-order chi connectivity index (χ0) is 27.5. The lowest BCUT2D eigenvalue weighted by atomic mass is 9.66. The number of hydrogen-bond acceptors (Lipinski definition) is 7. The Labute approximate surface area is 224 Å². The van der Waals surface area contributed by atoms with Gasteiger partial charge in [0.2, 0.25) is 17.7 Å². The lowest BCUT2D eigenvalue weighted by Crippen LogP contribution is -2.49. The minimum Gasteiger partial charge on any atom is -0.493 e. The summed E-state index contributed by atoms with van der Waals surface area (Å²) < 4.78 is 12.3. The molecule has 3 aliphatic rings. The van der Waals surface area contributed by atoms with Gasteiger partial charge in [0.05, 0.1) is 47.5 Å². The lowest BCUT2D eigenvalue weighted by molar-refractivity contribution is -0.134. The normalized spacial score (nSPS) is 29.0. The van der Waals surface area contributed by atoms with Gasteiger partial charge >= 0.3 is 0 Å². The first kappa shape index (κ1) is 25.0. The summed E-state index contributed by atoms with van der Waals surface area (Å²) in [5, 5.41) is 24.5. The van der Waals surface area contributed by atoms with Gasteiger partial charge in [-0.2, -0.15) is 5.26 Å². The van der Waals surface area contributed by atoms with E-state index in [4.69, 9.17) is 9.47 Å². The van der Waals surface area contributed by atoms with Crippen LogP contribution in [0.1, 0.15) is 32.3 Å². The predicted octanol–water partition coefficient (Wildman–Crippen LogP) is 3.54. The number of aliphatic hydroxyl groups is 1. The maximum atomic E-state index is 14.0. The number of nitrogens with zero attached hydrogens (tertiary/aromatic N) is 2. The number of imide groups is 1. The summed E-state index contributed by atoms with van der Waals surface area (Å²) in [6, 6.07) is 19.5. The molecular weight excluding hydrogens is 498 g/mol. The van der Waals surface area contributed by atoms with E-state index in [0.29, 0.717) is 39.9 Å². The Kier molecular flexibility index (Phi) is 5.72. The molecule has 0 radical (unpaired) electrons. The number of hydrogen-bond donors (Lipinski definition) is 2. The third kappa shape index (κ3) is 3.71. The van der Waals surface area contributed by atoms with Gasteiger partial charge in [-0.25, -0.2) is 4.90 Å². The smallest absolute Gasteiger partial charge is 0.240 e. The van der Waals surface area contributed by atoms with Crippen LogP contribution in [0.25, 0.3) is 10.8 Å². The maximum absolute atomic E-state index is 14.0. The van der Waals surface area contributed by atoms with E-state index in [0.717, 1.165) is 0 Å². The SMILES string of the molecule is CC(=O)Nc1ccc(OCCC23CC(O)C(C)(O2)C2C(=O)N(c4ccc(C#N)c5ccccc45)C(=O)C23)cc1. The first-order chi connectivity index (χ1) is 18.7. The molecular formula is C30H27N3O6. The van der Waals surface area contributed by atoms with Crippen molar-refractivity contribution in [3.05, 3.63) is 66.2 Å². The average Bonchev–Trinajstić information content (AvgIpc) is 3.45. The summed E-state index contributed by atoms with van der Waals surface area (Å²) in [4.78, 5) is 40.3. The van der Waals surface area contributed by atoms with E-state index in [1.165, 1.54) is 11.8 Å². The lowest BCUT2D eigenvalue weighted by Gasteiger charge is -2.33. The first-order valence-corrected chi connectivity index (χ1v) is 12.9. The second-order valence-electron chi connectivity index (χ2n) is 10.6. The predicted molar refractivity (Wildman–Crippen MR) is 142 cm³/mol. The molecule has 0 aromatic heterocycles. The maximum Gasteiger partial charge on any atom is 0.240 e. The first-order valence-electron chi connectivity index (χ1n) is 12.9. The van der Waals surface area contributed by atoms with Crippen molar-refractivity contribution in [1.29, 1.82) is 5.26 Å². The molecule has 0 spiro atoms.